The summed E-state index contributed by atoms with van der Waals surface area (Å²) in [5.74, 6) is 4.43. The van der Waals surface area contributed by atoms with Gasteiger partial charge in [-0.05, 0) is 110 Å². The Labute approximate surface area is 198 Å². The molecule has 32 heavy (non-hydrogen) atoms. The quantitative estimate of drug-likeness (QED) is 0.391. The van der Waals surface area contributed by atoms with Gasteiger partial charge in [-0.2, -0.15) is 0 Å². The summed E-state index contributed by atoms with van der Waals surface area (Å²) in [5, 5.41) is 0. The number of benzene rings is 2. The Hall–Kier alpha value is -1.56. The van der Waals surface area contributed by atoms with Crippen molar-refractivity contribution in [3.63, 3.8) is 0 Å². The highest BCUT2D eigenvalue weighted by molar-refractivity contribution is 5.64. The molecule has 0 N–H and O–H groups in total. The molecule has 0 bridgehead atoms. The van der Waals surface area contributed by atoms with E-state index in [-0.39, 0.29) is 0 Å². The van der Waals surface area contributed by atoms with Crippen molar-refractivity contribution >= 4 is 0 Å². The maximum Gasteiger partial charge on any atom is -0.0162 e. The smallest absolute Gasteiger partial charge is 0.0162 e. The Morgan fingerprint density at radius 1 is 0.625 bits per heavy atom. The molecule has 1 atom stereocenters. The molecule has 1 unspecified atom stereocenters. The summed E-state index contributed by atoms with van der Waals surface area (Å²) in [6.45, 7) is 7.09. The molecule has 0 aliphatic heterocycles. The van der Waals surface area contributed by atoms with Gasteiger partial charge in [0.1, 0.15) is 0 Å². The predicted octanol–water partition coefficient (Wildman–Crippen LogP) is 10.1. The van der Waals surface area contributed by atoms with Gasteiger partial charge in [-0.1, -0.05) is 88.6 Å². The van der Waals surface area contributed by atoms with Gasteiger partial charge in [0.2, 0.25) is 0 Å². The third kappa shape index (κ3) is 6.06. The van der Waals surface area contributed by atoms with Crippen LogP contribution in [0.4, 0.5) is 0 Å². The second kappa shape index (κ2) is 11.5. The first kappa shape index (κ1) is 23.6. The van der Waals surface area contributed by atoms with Gasteiger partial charge in [-0.15, -0.1) is 0 Å². The van der Waals surface area contributed by atoms with Gasteiger partial charge in [0.25, 0.3) is 0 Å². The Balaban J connectivity index is 1.31. The summed E-state index contributed by atoms with van der Waals surface area (Å²) in [4.78, 5) is 0. The topological polar surface area (TPSA) is 0 Å². The lowest BCUT2D eigenvalue weighted by Crippen LogP contribution is -2.15. The molecule has 0 heterocycles. The molecule has 2 aromatic rings. The molecule has 0 heteroatoms. The van der Waals surface area contributed by atoms with Gasteiger partial charge < -0.3 is 0 Å². The number of rotatable bonds is 8. The fourth-order valence-corrected chi connectivity index (χ4v) is 6.56. The summed E-state index contributed by atoms with van der Waals surface area (Å²) >= 11 is 0. The molecule has 0 amide bonds. The first-order valence-corrected chi connectivity index (χ1v) is 13.9. The third-order valence-electron chi connectivity index (χ3n) is 8.92. The van der Waals surface area contributed by atoms with Crippen LogP contribution >= 0.6 is 0 Å². The molecule has 174 valence electrons. The molecule has 4 rings (SSSR count). The molecule has 2 saturated carbocycles. The van der Waals surface area contributed by atoms with E-state index in [2.05, 4.69) is 69.3 Å². The van der Waals surface area contributed by atoms with Crippen molar-refractivity contribution in [2.24, 2.45) is 17.8 Å². The Morgan fingerprint density at radius 3 is 1.47 bits per heavy atom. The van der Waals surface area contributed by atoms with Crippen LogP contribution in [0.2, 0.25) is 0 Å². The van der Waals surface area contributed by atoms with E-state index in [4.69, 9.17) is 0 Å². The van der Waals surface area contributed by atoms with E-state index in [1.54, 1.807) is 11.1 Å². The van der Waals surface area contributed by atoms with Crippen LogP contribution in [0, 0.1) is 17.8 Å². The minimum absolute atomic E-state index is 0.780. The average Bonchev–Trinajstić information content (AvgIpc) is 2.85. The molecule has 0 saturated heterocycles. The minimum atomic E-state index is 0.780. The van der Waals surface area contributed by atoms with Gasteiger partial charge in [0.05, 0.1) is 0 Å². The zero-order valence-corrected chi connectivity index (χ0v) is 21.0. The number of hydrogen-bond acceptors (Lipinski definition) is 0. The second-order valence-corrected chi connectivity index (χ2v) is 11.2. The third-order valence-corrected chi connectivity index (χ3v) is 8.92. The van der Waals surface area contributed by atoms with Crippen molar-refractivity contribution in [1.82, 2.24) is 0 Å². The van der Waals surface area contributed by atoms with Crippen LogP contribution in [0.1, 0.15) is 121 Å². The zero-order valence-electron chi connectivity index (χ0n) is 21.0. The van der Waals surface area contributed by atoms with Crippen molar-refractivity contribution in [2.75, 3.05) is 0 Å². The van der Waals surface area contributed by atoms with E-state index in [1.807, 2.05) is 0 Å². The van der Waals surface area contributed by atoms with E-state index in [1.165, 1.54) is 88.2 Å². The van der Waals surface area contributed by atoms with E-state index < -0.39 is 0 Å². The Bertz CT molecular complexity index is 783. The molecule has 2 aliphatic carbocycles. The van der Waals surface area contributed by atoms with Crippen molar-refractivity contribution in [1.29, 1.82) is 0 Å². The summed E-state index contributed by atoms with van der Waals surface area (Å²) in [6.07, 6.45) is 16.8. The summed E-state index contributed by atoms with van der Waals surface area (Å²) in [7, 11) is 0. The predicted molar refractivity (Wildman–Crippen MR) is 140 cm³/mol. The Kier molecular flexibility index (Phi) is 8.50. The standard InChI is InChI=1S/C32H46/c1-4-6-25-7-11-27(12-8-25)29-15-19-31(20-16-29)32-21-17-30(18-22-32)28-13-9-26(10-14-28)23-24(3)5-2/h15-22,24-28H,4-14,23H2,1-3H3/t24?,25-,26-,27-,28-. The van der Waals surface area contributed by atoms with Crippen LogP contribution < -0.4 is 0 Å². The minimum Gasteiger partial charge on any atom is -0.0654 e. The van der Waals surface area contributed by atoms with Gasteiger partial charge >= 0.3 is 0 Å². The highest BCUT2D eigenvalue weighted by Gasteiger charge is 2.24. The van der Waals surface area contributed by atoms with E-state index in [9.17, 15) is 0 Å². The molecule has 0 nitrogen and oxygen atoms in total. The molecule has 2 fully saturated rings. The first-order chi connectivity index (χ1) is 15.7. The van der Waals surface area contributed by atoms with E-state index >= 15 is 0 Å². The fourth-order valence-electron chi connectivity index (χ4n) is 6.56. The number of hydrogen-bond donors (Lipinski definition) is 0. The van der Waals surface area contributed by atoms with Gasteiger partial charge in [-0.25, -0.2) is 0 Å². The largest absolute Gasteiger partial charge is 0.0654 e. The fraction of sp³-hybridized carbons (Fsp3) is 0.625. The van der Waals surface area contributed by atoms with Crippen molar-refractivity contribution in [3.05, 3.63) is 59.7 Å². The zero-order chi connectivity index (χ0) is 22.3. The molecule has 2 aromatic carbocycles. The van der Waals surface area contributed by atoms with Crippen molar-refractivity contribution < 1.29 is 0 Å². The van der Waals surface area contributed by atoms with Crippen molar-refractivity contribution in [2.45, 2.75) is 110 Å². The highest BCUT2D eigenvalue weighted by Crippen LogP contribution is 2.40. The Morgan fingerprint density at radius 2 is 1.06 bits per heavy atom. The summed E-state index contributed by atoms with van der Waals surface area (Å²) in [6, 6.07) is 19.1. The summed E-state index contributed by atoms with van der Waals surface area (Å²) in [5.41, 5.74) is 5.88. The second-order valence-electron chi connectivity index (χ2n) is 11.2. The van der Waals surface area contributed by atoms with E-state index in [0.717, 1.165) is 29.6 Å². The highest BCUT2D eigenvalue weighted by atomic mass is 14.3. The lowest BCUT2D eigenvalue weighted by atomic mass is 9.75. The van der Waals surface area contributed by atoms with Crippen LogP contribution in [0.15, 0.2) is 48.5 Å². The van der Waals surface area contributed by atoms with Crippen LogP contribution in [0.25, 0.3) is 11.1 Å². The van der Waals surface area contributed by atoms with Crippen molar-refractivity contribution in [3.8, 4) is 11.1 Å². The monoisotopic (exact) mass is 430 g/mol. The molecule has 0 radical (unpaired) electrons. The summed E-state index contributed by atoms with van der Waals surface area (Å²) < 4.78 is 0. The van der Waals surface area contributed by atoms with Gasteiger partial charge in [0, 0.05) is 0 Å². The maximum absolute atomic E-state index is 2.43. The lowest BCUT2D eigenvalue weighted by Gasteiger charge is -2.30. The maximum atomic E-state index is 2.43. The molecular formula is C32H46. The van der Waals surface area contributed by atoms with Crippen LogP contribution in [0.5, 0.6) is 0 Å². The average molecular weight is 431 g/mol. The molecule has 0 spiro atoms. The first-order valence-electron chi connectivity index (χ1n) is 13.9. The molecule has 2 aliphatic rings. The SMILES string of the molecule is CCC[C@H]1CC[C@H](c2ccc(-c3ccc([C@H]4CC[C@H](CC(C)CC)CC4)cc3)cc2)CC1. The van der Waals surface area contributed by atoms with Crippen LogP contribution in [-0.2, 0) is 0 Å². The van der Waals surface area contributed by atoms with Gasteiger partial charge in [0.15, 0.2) is 0 Å². The van der Waals surface area contributed by atoms with Gasteiger partial charge in [-0.3, -0.25) is 0 Å². The molecule has 0 aromatic heterocycles. The van der Waals surface area contributed by atoms with E-state index in [0.29, 0.717) is 0 Å². The lowest BCUT2D eigenvalue weighted by molar-refractivity contribution is 0.273. The molecular weight excluding hydrogens is 384 g/mol. The van der Waals surface area contributed by atoms with Crippen LogP contribution in [0.3, 0.4) is 0 Å². The van der Waals surface area contributed by atoms with Crippen LogP contribution in [-0.4, -0.2) is 0 Å². The normalized spacial score (nSPS) is 27.2.